The molecule has 1 aromatic carbocycles. The van der Waals surface area contributed by atoms with Gasteiger partial charge in [-0.15, -0.1) is 0 Å². The normalized spacial score (nSPS) is 10.8. The summed E-state index contributed by atoms with van der Waals surface area (Å²) < 4.78 is 48.2. The number of benzene rings is 1. The molecule has 0 N–H and O–H groups in total. The first kappa shape index (κ1) is 19.2. The Morgan fingerprint density at radius 2 is 1.22 bits per heavy atom. The van der Waals surface area contributed by atoms with Gasteiger partial charge in [0.1, 0.15) is 0 Å². The first-order valence-electron chi connectivity index (χ1n) is 3.80. The Kier molecular flexibility index (Phi) is 8.38. The Morgan fingerprint density at radius 3 is 1.56 bits per heavy atom. The van der Waals surface area contributed by atoms with Crippen LogP contribution in [0.5, 0.6) is 0 Å². The molecule has 0 aromatic heterocycles. The molecule has 0 atom stereocenters. The van der Waals surface area contributed by atoms with Crippen molar-refractivity contribution in [2.75, 3.05) is 0 Å². The van der Waals surface area contributed by atoms with Crippen molar-refractivity contribution in [1.82, 2.24) is 0 Å². The van der Waals surface area contributed by atoms with Crippen LogP contribution >= 0.6 is 65.0 Å². The van der Waals surface area contributed by atoms with E-state index in [2.05, 4.69) is 0 Å². The zero-order chi connectivity index (χ0) is 14.7. The second-order valence-electron chi connectivity index (χ2n) is 2.59. The molecule has 0 heterocycles. The van der Waals surface area contributed by atoms with Gasteiger partial charge in [-0.1, -0.05) is 34.8 Å². The molecule has 102 valence electrons. The van der Waals surface area contributed by atoms with E-state index in [4.69, 9.17) is 65.0 Å². The van der Waals surface area contributed by atoms with Crippen LogP contribution < -0.4 is 0 Å². The van der Waals surface area contributed by atoms with E-state index in [0.29, 0.717) is 6.07 Å². The molecule has 1 rings (SSSR count). The van der Waals surface area contributed by atoms with E-state index in [1.54, 1.807) is 0 Å². The summed E-state index contributed by atoms with van der Waals surface area (Å²) in [6.07, 6.45) is 0. The molecule has 0 aliphatic carbocycles. The summed E-state index contributed by atoms with van der Waals surface area (Å²) in [7, 11) is 14.8. The fourth-order valence-corrected chi connectivity index (χ4v) is 1.19. The molecule has 0 nitrogen and oxygen atoms in total. The highest BCUT2D eigenvalue weighted by Gasteiger charge is 2.31. The van der Waals surface area contributed by atoms with Crippen LogP contribution in [0.25, 0.3) is 0 Å². The van der Waals surface area contributed by atoms with Crippen molar-refractivity contribution >= 4 is 76.3 Å². The second-order valence-corrected chi connectivity index (χ2v) is 11.3. The largest absolute Gasteiger partial charge is 0.643 e. The third-order valence-electron chi connectivity index (χ3n) is 1.41. The van der Waals surface area contributed by atoms with Crippen LogP contribution in [0.1, 0.15) is 5.56 Å². The molecule has 18 heavy (non-hydrogen) atoms. The highest BCUT2D eigenvalue weighted by molar-refractivity contribution is 7.54. The molecule has 0 aliphatic heterocycles. The number of halogens is 10. The molecule has 0 saturated heterocycles. The van der Waals surface area contributed by atoms with E-state index in [-0.39, 0.29) is 0 Å². The van der Waals surface area contributed by atoms with E-state index in [9.17, 15) is 17.6 Å². The van der Waals surface area contributed by atoms with Gasteiger partial charge in [-0.25, -0.2) is 47.7 Å². The maximum Gasteiger partial charge on any atom is 0.643 e. The molecule has 0 spiro atoms. The fraction of sp³-hybridized carbons (Fsp3) is 0.143. The lowest BCUT2D eigenvalue weighted by Gasteiger charge is -2.12. The van der Waals surface area contributed by atoms with Gasteiger partial charge in [0, 0.05) is 5.56 Å². The molecule has 0 saturated carbocycles. The van der Waals surface area contributed by atoms with E-state index >= 15 is 0 Å². The monoisotopic (exact) mass is 398 g/mol. The van der Waals surface area contributed by atoms with Crippen molar-refractivity contribution in [2.24, 2.45) is 0 Å². The predicted octanol–water partition coefficient (Wildman–Crippen LogP) is 5.76. The van der Waals surface area contributed by atoms with E-state index in [0.717, 1.165) is 0 Å². The SMILES string of the molecule is Fc1cc(C(Cl)(Cl)Cl)c(F)c(F)c1F.[Cl][Al]([Cl])[Cl]. The van der Waals surface area contributed by atoms with Gasteiger partial charge >= 0.3 is 11.4 Å². The number of hydrogen-bond acceptors (Lipinski definition) is 0. The number of hydrogen-bond donors (Lipinski definition) is 0. The minimum atomic E-state index is -2.35. The summed E-state index contributed by atoms with van der Waals surface area (Å²) in [5.74, 6) is -7.29. The molecule has 11 heteroatoms. The number of rotatable bonds is 0. The van der Waals surface area contributed by atoms with Crippen LogP contribution in [-0.2, 0) is 3.79 Å². The minimum absolute atomic E-state index is 0.292. The van der Waals surface area contributed by atoms with Crippen molar-refractivity contribution in [1.29, 1.82) is 0 Å². The lowest BCUT2D eigenvalue weighted by molar-refractivity contribution is 0.404. The smallest absolute Gasteiger partial charge is 0.214 e. The average molecular weight is 401 g/mol. The van der Waals surface area contributed by atoms with Crippen LogP contribution in [0.15, 0.2) is 6.07 Å². The highest BCUT2D eigenvalue weighted by Crippen LogP contribution is 2.40. The van der Waals surface area contributed by atoms with E-state index < -0.39 is 44.0 Å². The van der Waals surface area contributed by atoms with E-state index in [1.807, 2.05) is 0 Å². The summed E-state index contributed by atoms with van der Waals surface area (Å²) in [6.45, 7) is 0. The predicted molar refractivity (Wildman–Crippen MR) is 68.8 cm³/mol. The van der Waals surface area contributed by atoms with Crippen LogP contribution in [0.4, 0.5) is 17.6 Å². The van der Waals surface area contributed by atoms with Crippen LogP contribution in [0.2, 0.25) is 0 Å². The first-order valence-corrected chi connectivity index (χ1v) is 10.2. The Balaban J connectivity index is 0.000000631. The standard InChI is InChI=1S/C7HCl3F4.Al.3ClH/c8-7(9,10)2-1-3(11)5(13)6(14)4(2)12;;;;/h1H;;3*1H/q;+3;;;/p-3. The third-order valence-corrected chi connectivity index (χ3v) is 2.02. The molecule has 0 unspecified atom stereocenters. The highest BCUT2D eigenvalue weighted by atomic mass is 35.8. The molecule has 0 fully saturated rings. The molecule has 0 amide bonds. The average Bonchev–Trinajstić information content (AvgIpc) is 2.18. The zero-order valence-electron chi connectivity index (χ0n) is 7.93. The van der Waals surface area contributed by atoms with E-state index in [1.165, 1.54) is 0 Å². The quantitative estimate of drug-likeness (QED) is 0.171. The van der Waals surface area contributed by atoms with Gasteiger partial charge in [-0.3, -0.25) is 0 Å². The van der Waals surface area contributed by atoms with Crippen LogP contribution in [0, 0.1) is 23.3 Å². The maximum absolute atomic E-state index is 12.9. The lowest BCUT2D eigenvalue weighted by atomic mass is 10.2. The lowest BCUT2D eigenvalue weighted by Crippen LogP contribution is -2.09. The maximum atomic E-state index is 12.9. The first-order chi connectivity index (χ1) is 7.98. The second kappa shape index (κ2) is 7.85. The summed E-state index contributed by atoms with van der Waals surface area (Å²) in [5, 5.41) is 0. The number of alkyl halides is 3. The van der Waals surface area contributed by atoms with Gasteiger partial charge in [0.15, 0.2) is 23.3 Å². The van der Waals surface area contributed by atoms with Crippen molar-refractivity contribution in [3.05, 3.63) is 34.9 Å². The summed E-state index contributed by atoms with van der Waals surface area (Å²) in [4.78, 5) is 0. The van der Waals surface area contributed by atoms with Gasteiger partial charge < -0.3 is 0 Å². The molecule has 0 aliphatic rings. The molecule has 1 aromatic rings. The van der Waals surface area contributed by atoms with Gasteiger partial charge in [0.25, 0.3) is 0 Å². The Hall–Kier alpha value is 1.21. The molecular formula is C7HAlCl6F4. The van der Waals surface area contributed by atoms with Gasteiger partial charge in [-0.05, 0) is 6.07 Å². The Labute approximate surface area is 132 Å². The third kappa shape index (κ3) is 6.11. The Morgan fingerprint density at radius 1 is 0.833 bits per heavy atom. The molecule has 0 radical (unpaired) electrons. The zero-order valence-corrected chi connectivity index (χ0v) is 13.6. The summed E-state index contributed by atoms with van der Waals surface area (Å²) >= 11 is 13.9. The summed E-state index contributed by atoms with van der Waals surface area (Å²) in [6, 6.07) is 0.292. The Bertz CT molecular complexity index is 419. The van der Waals surface area contributed by atoms with Crippen molar-refractivity contribution in [3.8, 4) is 0 Å². The minimum Gasteiger partial charge on any atom is -0.214 e. The van der Waals surface area contributed by atoms with Crippen LogP contribution in [-0.4, -0.2) is 11.4 Å². The van der Waals surface area contributed by atoms with Crippen LogP contribution in [0.3, 0.4) is 0 Å². The van der Waals surface area contributed by atoms with Gasteiger partial charge in [-0.2, -0.15) is 0 Å². The molecule has 0 bridgehead atoms. The van der Waals surface area contributed by atoms with Crippen molar-refractivity contribution in [3.63, 3.8) is 0 Å². The van der Waals surface area contributed by atoms with Gasteiger partial charge in [0.05, 0.1) is 0 Å². The fourth-order valence-electron chi connectivity index (χ4n) is 0.779. The van der Waals surface area contributed by atoms with Crippen molar-refractivity contribution < 1.29 is 17.6 Å². The van der Waals surface area contributed by atoms with Gasteiger partial charge in [0.2, 0.25) is 3.79 Å². The topological polar surface area (TPSA) is 0 Å². The van der Waals surface area contributed by atoms with Crippen molar-refractivity contribution in [2.45, 2.75) is 3.79 Å². The molecular weight excluding hydrogens is 400 g/mol. The summed E-state index contributed by atoms with van der Waals surface area (Å²) in [5.41, 5.74) is -0.876.